The molecule has 0 unspecified atom stereocenters. The lowest BCUT2D eigenvalue weighted by atomic mass is 9.79. The molecule has 0 aromatic heterocycles. The van der Waals surface area contributed by atoms with Crippen LogP contribution in [0.25, 0.3) is 0 Å². The van der Waals surface area contributed by atoms with Crippen molar-refractivity contribution in [1.29, 1.82) is 0 Å². The van der Waals surface area contributed by atoms with Gasteiger partial charge in [0, 0.05) is 5.48 Å². The van der Waals surface area contributed by atoms with Crippen LogP contribution < -0.4 is 0 Å². The predicted octanol–water partition coefficient (Wildman–Crippen LogP) is 4.54. The van der Waals surface area contributed by atoms with Crippen molar-refractivity contribution in [3.63, 3.8) is 0 Å². The van der Waals surface area contributed by atoms with E-state index in [0.717, 1.165) is 5.56 Å². The molecule has 2 rings (SSSR count). The van der Waals surface area contributed by atoms with E-state index in [9.17, 15) is 0 Å². The van der Waals surface area contributed by atoms with Crippen LogP contribution in [0.2, 0.25) is 0 Å². The third kappa shape index (κ3) is 2.71. The maximum Gasteiger partial charge on any atom is 0.0273 e. The quantitative estimate of drug-likeness (QED) is 0.621. The molecule has 1 aromatic carbocycles. The summed E-state index contributed by atoms with van der Waals surface area (Å²) in [6.07, 6.45) is 1.19. The van der Waals surface area contributed by atoms with E-state index in [-0.39, 0.29) is 5.92 Å². The number of rotatable bonds is 2. The van der Waals surface area contributed by atoms with Crippen molar-refractivity contribution in [3.8, 4) is 0 Å². The zero-order valence-corrected chi connectivity index (χ0v) is 9.11. The van der Waals surface area contributed by atoms with E-state index in [4.69, 9.17) is 5.48 Å². The topological polar surface area (TPSA) is 0 Å². The van der Waals surface area contributed by atoms with Crippen molar-refractivity contribution in [2.45, 2.75) is 38.4 Å². The van der Waals surface area contributed by atoms with E-state index in [1.54, 1.807) is 12.2 Å². The van der Waals surface area contributed by atoms with Gasteiger partial charge in [-0.15, -0.1) is 0 Å². The van der Waals surface area contributed by atoms with Gasteiger partial charge in [0.2, 0.25) is 0 Å². The normalized spacial score (nSPS) is 37.7. The Kier molecular flexibility index (Phi) is 2.24. The fourth-order valence-electron chi connectivity index (χ4n) is 1.97. The fraction of sp³-hybridized carbons (Fsp3) is 0.467. The molecule has 1 saturated carbocycles. The number of benzene rings is 1. The van der Waals surface area contributed by atoms with Crippen molar-refractivity contribution < 1.29 is 5.48 Å². The molecule has 0 bridgehead atoms. The minimum atomic E-state index is -1.51. The van der Waals surface area contributed by atoms with Crippen molar-refractivity contribution in [2.75, 3.05) is 0 Å². The lowest BCUT2D eigenvalue weighted by Gasteiger charge is -2.27. The van der Waals surface area contributed by atoms with Crippen LogP contribution in [0.15, 0.2) is 42.5 Å². The Morgan fingerprint density at radius 3 is 2.47 bits per heavy atom. The Hall–Kier alpha value is -1.04. The summed E-state index contributed by atoms with van der Waals surface area (Å²) in [5.41, 5.74) is 1.04. The summed E-state index contributed by atoms with van der Waals surface area (Å²) < 4.78 is 32.8. The molecule has 15 heavy (non-hydrogen) atoms. The molecule has 0 aliphatic heterocycles. The summed E-state index contributed by atoms with van der Waals surface area (Å²) in [6, 6.07) is 9.72. The summed E-state index contributed by atoms with van der Waals surface area (Å²) >= 11 is 0. The molecular formula is C15H20. The van der Waals surface area contributed by atoms with Gasteiger partial charge < -0.3 is 0 Å². The van der Waals surface area contributed by atoms with Crippen LogP contribution >= 0.6 is 0 Å². The highest BCUT2D eigenvalue weighted by Gasteiger charge is 2.20. The Labute approximate surface area is 98.6 Å². The molecule has 0 amide bonds. The summed E-state index contributed by atoms with van der Waals surface area (Å²) in [7, 11) is 0. The van der Waals surface area contributed by atoms with Crippen LogP contribution in [0, 0.1) is 5.92 Å². The highest BCUT2D eigenvalue weighted by molar-refractivity contribution is 5.20. The maximum absolute atomic E-state index is 8.20. The second kappa shape index (κ2) is 5.16. The van der Waals surface area contributed by atoms with Gasteiger partial charge in [-0.3, -0.25) is 0 Å². The average molecular weight is 204 g/mol. The third-order valence-corrected chi connectivity index (χ3v) is 2.82. The monoisotopic (exact) mass is 204 g/mol. The summed E-state index contributed by atoms with van der Waals surface area (Å²) in [6.45, 7) is 1.81. The van der Waals surface area contributed by atoms with E-state index < -0.39 is 18.7 Å². The standard InChI is InChI=1S/C15H20/c1-2-6-13-9-11-15(12-10-13)14-7-4-3-5-8-14/h2-8,13,15H,9-12H2,1H3/b6-2+/i9D2,10D2. The Bertz CT molecular complexity index is 432. The van der Waals surface area contributed by atoms with Gasteiger partial charge in [0.25, 0.3) is 0 Å². The Balaban J connectivity index is 2.31. The fourth-order valence-corrected chi connectivity index (χ4v) is 1.97. The molecular weight excluding hydrogens is 180 g/mol. The first-order chi connectivity index (χ1) is 8.87. The molecule has 0 spiro atoms. The van der Waals surface area contributed by atoms with E-state index >= 15 is 0 Å². The maximum atomic E-state index is 8.20. The highest BCUT2D eigenvalue weighted by Crippen LogP contribution is 2.35. The van der Waals surface area contributed by atoms with Crippen molar-refractivity contribution in [2.24, 2.45) is 5.92 Å². The van der Waals surface area contributed by atoms with Gasteiger partial charge in [-0.05, 0) is 49.9 Å². The molecule has 0 saturated heterocycles. The van der Waals surface area contributed by atoms with Gasteiger partial charge in [-0.25, -0.2) is 0 Å². The molecule has 0 radical (unpaired) electrons. The van der Waals surface area contributed by atoms with Crippen LogP contribution in [-0.2, 0) is 0 Å². The first kappa shape index (κ1) is 6.52. The second-order valence-corrected chi connectivity index (χ2v) is 3.93. The van der Waals surface area contributed by atoms with Crippen molar-refractivity contribution in [1.82, 2.24) is 0 Å². The van der Waals surface area contributed by atoms with Gasteiger partial charge >= 0.3 is 0 Å². The average Bonchev–Trinajstić information content (AvgIpc) is 2.34. The molecule has 0 atom stereocenters. The molecule has 0 heteroatoms. The largest absolute Gasteiger partial charge is 0.0914 e. The van der Waals surface area contributed by atoms with Gasteiger partial charge in [0.1, 0.15) is 0 Å². The molecule has 0 nitrogen and oxygen atoms in total. The summed E-state index contributed by atoms with van der Waals surface area (Å²) in [4.78, 5) is 0. The van der Waals surface area contributed by atoms with Gasteiger partial charge in [0.05, 0.1) is 0 Å². The summed E-state index contributed by atoms with van der Waals surface area (Å²) in [5, 5.41) is 0. The lowest BCUT2D eigenvalue weighted by molar-refractivity contribution is 0.375. The Morgan fingerprint density at radius 1 is 1.20 bits per heavy atom. The van der Waals surface area contributed by atoms with Crippen molar-refractivity contribution >= 4 is 0 Å². The number of hydrogen-bond donors (Lipinski definition) is 0. The van der Waals surface area contributed by atoms with Crippen LogP contribution in [0.3, 0.4) is 0 Å². The smallest absolute Gasteiger partial charge is 0.0273 e. The van der Waals surface area contributed by atoms with Crippen molar-refractivity contribution in [3.05, 3.63) is 48.0 Å². The third-order valence-electron chi connectivity index (χ3n) is 2.82. The first-order valence-corrected chi connectivity index (χ1v) is 5.54. The van der Waals surface area contributed by atoms with Crippen LogP contribution in [0.1, 0.15) is 49.5 Å². The molecule has 1 fully saturated rings. The minimum Gasteiger partial charge on any atom is -0.0914 e. The zero-order valence-electron chi connectivity index (χ0n) is 13.1. The SMILES string of the molecule is [2H]C1([2H])CC(c2ccccc2)CC([2H])([2H])C1/C=C/C. The summed E-state index contributed by atoms with van der Waals surface area (Å²) in [5.74, 6) is -0.710. The van der Waals surface area contributed by atoms with E-state index in [1.165, 1.54) is 0 Å². The van der Waals surface area contributed by atoms with Gasteiger partial charge in [-0.2, -0.15) is 0 Å². The van der Waals surface area contributed by atoms with Crippen LogP contribution in [0.4, 0.5) is 0 Å². The zero-order chi connectivity index (χ0) is 14.1. The van der Waals surface area contributed by atoms with Gasteiger partial charge in [0.15, 0.2) is 0 Å². The second-order valence-electron chi connectivity index (χ2n) is 3.93. The van der Waals surface area contributed by atoms with E-state index in [2.05, 4.69) is 0 Å². The minimum absolute atomic E-state index is 0.0484. The highest BCUT2D eigenvalue weighted by atomic mass is 14.2. The number of allylic oxidation sites excluding steroid dienone is 2. The molecule has 0 N–H and O–H groups in total. The van der Waals surface area contributed by atoms with Crippen LogP contribution in [0.5, 0.6) is 0 Å². The molecule has 1 aromatic rings. The molecule has 1 aliphatic rings. The lowest BCUT2D eigenvalue weighted by Crippen LogP contribution is -2.11. The van der Waals surface area contributed by atoms with E-state index in [1.807, 2.05) is 37.3 Å². The first-order valence-electron chi connectivity index (χ1n) is 7.54. The predicted molar refractivity (Wildman–Crippen MR) is 66.0 cm³/mol. The van der Waals surface area contributed by atoms with E-state index in [0.29, 0.717) is 12.8 Å². The van der Waals surface area contributed by atoms with Crippen LogP contribution in [-0.4, -0.2) is 0 Å². The molecule has 1 aliphatic carbocycles. The molecule has 80 valence electrons. The Morgan fingerprint density at radius 2 is 1.87 bits per heavy atom. The van der Waals surface area contributed by atoms with Gasteiger partial charge in [-0.1, -0.05) is 42.5 Å². The molecule has 0 heterocycles. The number of hydrogen-bond acceptors (Lipinski definition) is 0.